The molecule has 1 aromatic carbocycles. The van der Waals surface area contributed by atoms with Crippen LogP contribution in [0.3, 0.4) is 0 Å². The summed E-state index contributed by atoms with van der Waals surface area (Å²) in [5.74, 6) is -1.30. The molecule has 0 aromatic heterocycles. The first kappa shape index (κ1) is 17.5. The van der Waals surface area contributed by atoms with E-state index in [-0.39, 0.29) is 17.4 Å². The molecule has 0 heterocycles. The zero-order valence-corrected chi connectivity index (χ0v) is 13.6. The van der Waals surface area contributed by atoms with Crippen LogP contribution in [0.15, 0.2) is 24.3 Å². The molecule has 1 aromatic rings. The number of carbonyl (C=O) groups excluding carboxylic acids is 3. The summed E-state index contributed by atoms with van der Waals surface area (Å²) in [6.45, 7) is 2.57. The van der Waals surface area contributed by atoms with Crippen molar-refractivity contribution in [2.75, 3.05) is 11.9 Å². The van der Waals surface area contributed by atoms with Gasteiger partial charge in [0.05, 0.1) is 11.6 Å². The number of ether oxygens (including phenoxy) is 1. The van der Waals surface area contributed by atoms with Crippen LogP contribution in [-0.2, 0) is 14.3 Å². The molecule has 0 unspecified atom stereocenters. The van der Waals surface area contributed by atoms with Gasteiger partial charge in [-0.3, -0.25) is 9.59 Å². The molecule has 24 heavy (non-hydrogen) atoms. The first-order valence-electron chi connectivity index (χ1n) is 7.61. The molecule has 0 spiro atoms. The molecule has 2 N–H and O–H groups in total. The minimum Gasteiger partial charge on any atom is -0.452 e. The number of nitriles is 1. The summed E-state index contributed by atoms with van der Waals surface area (Å²) in [6.07, 6.45) is 1.81. The van der Waals surface area contributed by atoms with Gasteiger partial charge in [-0.25, -0.2) is 4.79 Å². The van der Waals surface area contributed by atoms with E-state index in [1.807, 2.05) is 0 Å². The maximum absolute atomic E-state index is 12.0. The van der Waals surface area contributed by atoms with Crippen molar-refractivity contribution in [2.45, 2.75) is 32.2 Å². The first-order valence-corrected chi connectivity index (χ1v) is 7.61. The van der Waals surface area contributed by atoms with Crippen LogP contribution < -0.4 is 10.6 Å². The lowest BCUT2D eigenvalue weighted by atomic mass is 9.98. The Morgan fingerprint density at radius 1 is 1.38 bits per heavy atom. The molecule has 1 aliphatic carbocycles. The third-order valence-corrected chi connectivity index (χ3v) is 3.78. The van der Waals surface area contributed by atoms with E-state index in [4.69, 9.17) is 4.74 Å². The Labute approximate surface area is 140 Å². The van der Waals surface area contributed by atoms with Crippen molar-refractivity contribution < 1.29 is 19.1 Å². The van der Waals surface area contributed by atoms with Gasteiger partial charge in [-0.1, -0.05) is 6.07 Å². The standard InChI is InChI=1S/C17H19N3O4/c1-11(21)19-14-5-3-4-12(8-14)16(23)24-9-15(22)20-17(2,10-18)13-6-7-13/h3-5,8,13H,6-7,9H2,1-2H3,(H,19,21)(H,20,22)/t17-/m0/s1. The molecule has 0 saturated heterocycles. The van der Waals surface area contributed by atoms with Crippen molar-refractivity contribution in [3.8, 4) is 6.07 Å². The van der Waals surface area contributed by atoms with E-state index in [1.165, 1.54) is 19.1 Å². The maximum Gasteiger partial charge on any atom is 0.338 e. The van der Waals surface area contributed by atoms with Crippen LogP contribution in [0.1, 0.15) is 37.0 Å². The molecular formula is C17H19N3O4. The van der Waals surface area contributed by atoms with E-state index >= 15 is 0 Å². The molecular weight excluding hydrogens is 310 g/mol. The summed E-state index contributed by atoms with van der Waals surface area (Å²) in [5, 5.41) is 14.4. The van der Waals surface area contributed by atoms with Crippen molar-refractivity contribution in [3.63, 3.8) is 0 Å². The second-order valence-corrected chi connectivity index (χ2v) is 5.97. The number of rotatable bonds is 6. The van der Waals surface area contributed by atoms with Crippen LogP contribution in [0, 0.1) is 17.2 Å². The molecule has 2 amide bonds. The summed E-state index contributed by atoms with van der Waals surface area (Å²) >= 11 is 0. The lowest BCUT2D eigenvalue weighted by molar-refractivity contribution is -0.125. The molecule has 1 aliphatic rings. The van der Waals surface area contributed by atoms with Crippen LogP contribution in [-0.4, -0.2) is 29.9 Å². The van der Waals surface area contributed by atoms with Gasteiger partial charge in [-0.2, -0.15) is 5.26 Å². The number of esters is 1. The highest BCUT2D eigenvalue weighted by Crippen LogP contribution is 2.39. The van der Waals surface area contributed by atoms with Crippen LogP contribution >= 0.6 is 0 Å². The highest BCUT2D eigenvalue weighted by molar-refractivity contribution is 5.94. The Morgan fingerprint density at radius 2 is 2.08 bits per heavy atom. The molecule has 1 fully saturated rings. The SMILES string of the molecule is CC(=O)Nc1cccc(C(=O)OCC(=O)N[C@@](C)(C#N)C2CC2)c1. The fourth-order valence-electron chi connectivity index (χ4n) is 2.35. The maximum atomic E-state index is 12.0. The van der Waals surface area contributed by atoms with Crippen molar-refractivity contribution in [1.29, 1.82) is 5.26 Å². The highest BCUT2D eigenvalue weighted by Gasteiger charge is 2.43. The van der Waals surface area contributed by atoms with Gasteiger partial charge in [0.2, 0.25) is 5.91 Å². The topological polar surface area (TPSA) is 108 Å². The number of hydrogen-bond acceptors (Lipinski definition) is 5. The van der Waals surface area contributed by atoms with E-state index in [9.17, 15) is 19.6 Å². The summed E-state index contributed by atoms with van der Waals surface area (Å²) in [4.78, 5) is 34.9. The molecule has 126 valence electrons. The Hall–Kier alpha value is -2.88. The molecule has 2 rings (SSSR count). The Balaban J connectivity index is 1.89. The third-order valence-electron chi connectivity index (χ3n) is 3.78. The molecule has 7 nitrogen and oxygen atoms in total. The van der Waals surface area contributed by atoms with E-state index in [0.717, 1.165) is 12.8 Å². The number of anilines is 1. The summed E-state index contributed by atoms with van der Waals surface area (Å²) in [7, 11) is 0. The van der Waals surface area contributed by atoms with Gasteiger partial charge in [0.15, 0.2) is 6.61 Å². The Morgan fingerprint density at radius 3 is 2.67 bits per heavy atom. The molecule has 0 radical (unpaired) electrons. The fourth-order valence-corrected chi connectivity index (χ4v) is 2.35. The zero-order chi connectivity index (χ0) is 17.7. The Kier molecular flexibility index (Phi) is 5.19. The van der Waals surface area contributed by atoms with Gasteiger partial charge in [-0.15, -0.1) is 0 Å². The van der Waals surface area contributed by atoms with Gasteiger partial charge in [0.1, 0.15) is 5.54 Å². The van der Waals surface area contributed by atoms with Crippen LogP contribution in [0.4, 0.5) is 5.69 Å². The average Bonchev–Trinajstić information content (AvgIpc) is 3.37. The summed E-state index contributed by atoms with van der Waals surface area (Å²) in [6, 6.07) is 8.33. The minimum absolute atomic E-state index is 0.150. The van der Waals surface area contributed by atoms with Crippen LogP contribution in [0.5, 0.6) is 0 Å². The van der Waals surface area contributed by atoms with Crippen molar-refractivity contribution >= 4 is 23.5 Å². The van der Waals surface area contributed by atoms with E-state index in [1.54, 1.807) is 19.1 Å². The normalized spacial score (nSPS) is 15.5. The first-order chi connectivity index (χ1) is 11.3. The third kappa shape index (κ3) is 4.56. The van der Waals surface area contributed by atoms with Gasteiger partial charge in [-0.05, 0) is 43.9 Å². The van der Waals surface area contributed by atoms with Gasteiger partial charge in [0, 0.05) is 12.6 Å². The van der Waals surface area contributed by atoms with Gasteiger partial charge >= 0.3 is 5.97 Å². The fraction of sp³-hybridized carbons (Fsp3) is 0.412. The quantitative estimate of drug-likeness (QED) is 0.771. The lowest BCUT2D eigenvalue weighted by Crippen LogP contribution is -2.48. The molecule has 0 aliphatic heterocycles. The predicted octanol–water partition coefficient (Wildman–Crippen LogP) is 1.61. The Bertz CT molecular complexity index is 706. The lowest BCUT2D eigenvalue weighted by Gasteiger charge is -2.22. The second kappa shape index (κ2) is 7.13. The van der Waals surface area contributed by atoms with Gasteiger partial charge < -0.3 is 15.4 Å². The van der Waals surface area contributed by atoms with E-state index in [0.29, 0.717) is 5.69 Å². The number of carbonyl (C=O) groups is 3. The summed E-state index contributed by atoms with van der Waals surface area (Å²) in [5.41, 5.74) is -0.235. The zero-order valence-electron chi connectivity index (χ0n) is 13.6. The molecule has 1 atom stereocenters. The number of nitrogens with zero attached hydrogens (tertiary/aromatic N) is 1. The van der Waals surface area contributed by atoms with Crippen molar-refractivity contribution in [1.82, 2.24) is 5.32 Å². The molecule has 7 heteroatoms. The monoisotopic (exact) mass is 329 g/mol. The van der Waals surface area contributed by atoms with Crippen LogP contribution in [0.25, 0.3) is 0 Å². The van der Waals surface area contributed by atoms with Crippen molar-refractivity contribution in [2.24, 2.45) is 5.92 Å². The number of nitrogens with one attached hydrogen (secondary N) is 2. The smallest absolute Gasteiger partial charge is 0.338 e. The number of amides is 2. The van der Waals surface area contributed by atoms with Crippen molar-refractivity contribution in [3.05, 3.63) is 29.8 Å². The average molecular weight is 329 g/mol. The highest BCUT2D eigenvalue weighted by atomic mass is 16.5. The molecule has 0 bridgehead atoms. The second-order valence-electron chi connectivity index (χ2n) is 5.97. The van der Waals surface area contributed by atoms with Gasteiger partial charge in [0.25, 0.3) is 5.91 Å². The van der Waals surface area contributed by atoms with Crippen LogP contribution in [0.2, 0.25) is 0 Å². The number of hydrogen-bond donors (Lipinski definition) is 2. The largest absolute Gasteiger partial charge is 0.452 e. The molecule has 1 saturated carbocycles. The number of benzene rings is 1. The van der Waals surface area contributed by atoms with E-state index < -0.39 is 24.0 Å². The minimum atomic E-state index is -0.922. The summed E-state index contributed by atoms with van der Waals surface area (Å²) < 4.78 is 4.97. The van der Waals surface area contributed by atoms with E-state index in [2.05, 4.69) is 16.7 Å². The predicted molar refractivity (Wildman–Crippen MR) is 85.9 cm³/mol.